The zero-order valence-electron chi connectivity index (χ0n) is 12.0. The maximum atomic E-state index is 12.1. The van der Waals surface area contributed by atoms with Crippen molar-refractivity contribution in [3.8, 4) is 0 Å². The molecule has 112 valence electrons. The number of halogens is 1. The number of likely N-dealkylation sites (N-methyl/N-ethyl adjacent to an activating group) is 1. The van der Waals surface area contributed by atoms with Crippen molar-refractivity contribution in [1.29, 1.82) is 0 Å². The fraction of sp³-hybridized carbons (Fsp3) is 0.692. The van der Waals surface area contributed by atoms with Crippen molar-refractivity contribution in [3.05, 3.63) is 21.6 Å². The lowest BCUT2D eigenvalue weighted by atomic mass is 10.2. The van der Waals surface area contributed by atoms with Crippen LogP contribution < -0.4 is 16.2 Å². The van der Waals surface area contributed by atoms with Gasteiger partial charge in [-0.05, 0) is 33.5 Å². The summed E-state index contributed by atoms with van der Waals surface area (Å²) in [5, 5.41) is 11.0. The minimum Gasteiger partial charge on any atom is -0.381 e. The third-order valence-electron chi connectivity index (χ3n) is 3.45. The first-order valence-electron chi connectivity index (χ1n) is 6.95. The molecule has 0 amide bonds. The SMILES string of the molecule is CN(C)CCn1ncc(NCC2CCCN2)c(Cl)c1=O. The summed E-state index contributed by atoms with van der Waals surface area (Å²) in [6, 6.07) is 0.447. The fourth-order valence-electron chi connectivity index (χ4n) is 2.21. The molecular weight excluding hydrogens is 278 g/mol. The summed E-state index contributed by atoms with van der Waals surface area (Å²) in [5.74, 6) is 0. The molecule has 20 heavy (non-hydrogen) atoms. The van der Waals surface area contributed by atoms with E-state index in [1.54, 1.807) is 6.20 Å². The van der Waals surface area contributed by atoms with Crippen LogP contribution in [0.4, 0.5) is 5.69 Å². The second-order valence-electron chi connectivity index (χ2n) is 5.38. The Bertz CT molecular complexity index is 496. The first kappa shape index (κ1) is 15.3. The van der Waals surface area contributed by atoms with E-state index in [-0.39, 0.29) is 10.6 Å². The summed E-state index contributed by atoms with van der Waals surface area (Å²) in [6.07, 6.45) is 3.98. The number of nitrogens with zero attached hydrogens (tertiary/aromatic N) is 3. The number of rotatable bonds is 6. The van der Waals surface area contributed by atoms with Crippen molar-refractivity contribution < 1.29 is 0 Å². The average molecular weight is 300 g/mol. The van der Waals surface area contributed by atoms with E-state index in [4.69, 9.17) is 11.6 Å². The van der Waals surface area contributed by atoms with E-state index in [1.165, 1.54) is 11.1 Å². The van der Waals surface area contributed by atoms with Gasteiger partial charge in [-0.15, -0.1) is 0 Å². The van der Waals surface area contributed by atoms with Crippen LogP contribution in [0.15, 0.2) is 11.0 Å². The Hall–Kier alpha value is -1.11. The van der Waals surface area contributed by atoms with Crippen LogP contribution in [0, 0.1) is 0 Å². The van der Waals surface area contributed by atoms with Crippen LogP contribution >= 0.6 is 11.6 Å². The second-order valence-corrected chi connectivity index (χ2v) is 5.76. The van der Waals surface area contributed by atoms with Gasteiger partial charge >= 0.3 is 0 Å². The summed E-state index contributed by atoms with van der Waals surface area (Å²) in [4.78, 5) is 14.1. The number of hydrogen-bond acceptors (Lipinski definition) is 5. The standard InChI is InChI=1S/C13H22ClN5O/c1-18(2)6-7-19-13(20)12(14)11(9-17-19)16-8-10-4-3-5-15-10/h9-10,15-16H,3-8H2,1-2H3. The zero-order chi connectivity index (χ0) is 14.5. The first-order valence-corrected chi connectivity index (χ1v) is 7.33. The molecule has 2 rings (SSSR count). The minimum atomic E-state index is -0.238. The van der Waals surface area contributed by atoms with Crippen molar-refractivity contribution in [2.75, 3.05) is 39.0 Å². The summed E-state index contributed by atoms with van der Waals surface area (Å²) in [6.45, 7) is 3.12. The third kappa shape index (κ3) is 3.94. The Morgan fingerprint density at radius 2 is 2.40 bits per heavy atom. The molecule has 2 N–H and O–H groups in total. The Balaban J connectivity index is 2.00. The first-order chi connectivity index (χ1) is 9.58. The van der Waals surface area contributed by atoms with E-state index in [0.29, 0.717) is 18.3 Å². The molecule has 0 aliphatic carbocycles. The maximum absolute atomic E-state index is 12.1. The monoisotopic (exact) mass is 299 g/mol. The second kappa shape index (κ2) is 7.06. The van der Waals surface area contributed by atoms with Crippen molar-refractivity contribution in [3.63, 3.8) is 0 Å². The molecule has 1 fully saturated rings. The highest BCUT2D eigenvalue weighted by molar-refractivity contribution is 6.32. The molecule has 0 bridgehead atoms. The van der Waals surface area contributed by atoms with Crippen LogP contribution in [0.3, 0.4) is 0 Å². The van der Waals surface area contributed by atoms with Gasteiger partial charge in [-0.1, -0.05) is 11.6 Å². The van der Waals surface area contributed by atoms with Gasteiger partial charge in [0.15, 0.2) is 0 Å². The Labute approximate surface area is 124 Å². The van der Waals surface area contributed by atoms with E-state index in [1.807, 2.05) is 19.0 Å². The zero-order valence-corrected chi connectivity index (χ0v) is 12.8. The molecule has 1 saturated heterocycles. The Morgan fingerprint density at radius 1 is 1.60 bits per heavy atom. The third-order valence-corrected chi connectivity index (χ3v) is 3.81. The van der Waals surface area contributed by atoms with E-state index in [2.05, 4.69) is 15.7 Å². The summed E-state index contributed by atoms with van der Waals surface area (Å²) >= 11 is 6.13. The summed E-state index contributed by atoms with van der Waals surface area (Å²) in [7, 11) is 3.91. The number of nitrogens with one attached hydrogen (secondary N) is 2. The van der Waals surface area contributed by atoms with Gasteiger partial charge in [0.05, 0.1) is 18.4 Å². The molecule has 0 saturated carbocycles. The Kier molecular flexibility index (Phi) is 5.39. The highest BCUT2D eigenvalue weighted by Crippen LogP contribution is 2.16. The number of aromatic nitrogens is 2. The van der Waals surface area contributed by atoms with Gasteiger partial charge in [0.25, 0.3) is 5.56 Å². The lowest BCUT2D eigenvalue weighted by Gasteiger charge is -2.15. The quantitative estimate of drug-likeness (QED) is 0.806. The molecule has 0 spiro atoms. The number of anilines is 1. The summed E-state index contributed by atoms with van der Waals surface area (Å²) in [5.41, 5.74) is 0.379. The van der Waals surface area contributed by atoms with Crippen LogP contribution in [-0.4, -0.2) is 54.5 Å². The minimum absolute atomic E-state index is 0.219. The van der Waals surface area contributed by atoms with E-state index < -0.39 is 0 Å². The van der Waals surface area contributed by atoms with Gasteiger partial charge in [0.1, 0.15) is 5.02 Å². The van der Waals surface area contributed by atoms with Crippen LogP contribution in [0.1, 0.15) is 12.8 Å². The number of hydrogen-bond donors (Lipinski definition) is 2. The molecule has 1 aliphatic rings. The highest BCUT2D eigenvalue weighted by Gasteiger charge is 2.15. The maximum Gasteiger partial charge on any atom is 0.287 e. The van der Waals surface area contributed by atoms with Crippen LogP contribution in [0.2, 0.25) is 5.02 Å². The van der Waals surface area contributed by atoms with Crippen LogP contribution in [0.5, 0.6) is 0 Å². The molecule has 1 unspecified atom stereocenters. The van der Waals surface area contributed by atoms with Gasteiger partial charge in [-0.2, -0.15) is 5.10 Å². The average Bonchev–Trinajstić information content (AvgIpc) is 2.92. The van der Waals surface area contributed by atoms with E-state index in [0.717, 1.165) is 26.1 Å². The molecule has 0 radical (unpaired) electrons. The van der Waals surface area contributed by atoms with Gasteiger partial charge < -0.3 is 15.5 Å². The molecule has 1 aliphatic heterocycles. The molecule has 2 heterocycles. The fourth-order valence-corrected chi connectivity index (χ4v) is 2.42. The topological polar surface area (TPSA) is 62.2 Å². The largest absolute Gasteiger partial charge is 0.381 e. The normalized spacial score (nSPS) is 18.7. The van der Waals surface area contributed by atoms with Crippen molar-refractivity contribution >= 4 is 17.3 Å². The predicted molar refractivity (Wildman–Crippen MR) is 81.6 cm³/mol. The van der Waals surface area contributed by atoms with Crippen LogP contribution in [0.25, 0.3) is 0 Å². The molecular formula is C13H22ClN5O. The van der Waals surface area contributed by atoms with Crippen molar-refractivity contribution in [1.82, 2.24) is 20.0 Å². The van der Waals surface area contributed by atoms with Gasteiger partial charge in [-0.3, -0.25) is 4.79 Å². The molecule has 0 aromatic carbocycles. The molecule has 1 aromatic rings. The van der Waals surface area contributed by atoms with E-state index in [9.17, 15) is 4.79 Å². The van der Waals surface area contributed by atoms with Gasteiger partial charge in [0.2, 0.25) is 0 Å². The van der Waals surface area contributed by atoms with Gasteiger partial charge in [0, 0.05) is 19.1 Å². The molecule has 1 aromatic heterocycles. The molecule has 7 heteroatoms. The van der Waals surface area contributed by atoms with Crippen LogP contribution in [-0.2, 0) is 6.54 Å². The highest BCUT2D eigenvalue weighted by atomic mass is 35.5. The smallest absolute Gasteiger partial charge is 0.287 e. The lowest BCUT2D eigenvalue weighted by Crippen LogP contribution is -2.32. The molecule has 1 atom stereocenters. The Morgan fingerprint density at radius 3 is 3.05 bits per heavy atom. The molecule has 6 nitrogen and oxygen atoms in total. The van der Waals surface area contributed by atoms with Crippen molar-refractivity contribution in [2.45, 2.75) is 25.4 Å². The lowest BCUT2D eigenvalue weighted by molar-refractivity contribution is 0.367. The van der Waals surface area contributed by atoms with Gasteiger partial charge in [-0.25, -0.2) is 4.68 Å². The summed E-state index contributed by atoms with van der Waals surface area (Å²) < 4.78 is 1.40. The van der Waals surface area contributed by atoms with Crippen molar-refractivity contribution in [2.24, 2.45) is 0 Å². The van der Waals surface area contributed by atoms with E-state index >= 15 is 0 Å². The predicted octanol–water partition coefficient (Wildman–Crippen LogP) is 0.622.